The second kappa shape index (κ2) is 10.6. The molecule has 184 valence electrons. The van der Waals surface area contributed by atoms with Gasteiger partial charge in [-0.3, -0.25) is 9.59 Å². The SMILES string of the molecule is COc1ccc(NC(CCNC2=CC(=O)c3ccccc3C2=O)=NS(=O)(=O)c2ccc(C)cc2)cc1. The van der Waals surface area contributed by atoms with Crippen molar-refractivity contribution in [3.8, 4) is 5.75 Å². The number of ether oxygens (including phenoxy) is 1. The number of ketones is 2. The third-order valence-corrected chi connectivity index (χ3v) is 6.89. The lowest BCUT2D eigenvalue weighted by Crippen LogP contribution is -2.29. The van der Waals surface area contributed by atoms with Gasteiger partial charge in [-0.05, 0) is 43.3 Å². The van der Waals surface area contributed by atoms with Crippen molar-refractivity contribution in [2.45, 2.75) is 18.2 Å². The molecule has 0 aromatic heterocycles. The molecule has 0 radical (unpaired) electrons. The Kier molecular flexibility index (Phi) is 7.30. The van der Waals surface area contributed by atoms with Crippen LogP contribution in [-0.2, 0) is 10.0 Å². The van der Waals surface area contributed by atoms with E-state index in [-0.39, 0.29) is 41.0 Å². The van der Waals surface area contributed by atoms with Gasteiger partial charge in [-0.1, -0.05) is 42.0 Å². The van der Waals surface area contributed by atoms with Gasteiger partial charge in [-0.25, -0.2) is 0 Å². The third-order valence-electron chi connectivity index (χ3n) is 5.56. The first kappa shape index (κ1) is 24.9. The molecular formula is C27H25N3O5S. The Morgan fingerprint density at radius 1 is 0.917 bits per heavy atom. The molecule has 2 N–H and O–H groups in total. The van der Waals surface area contributed by atoms with Gasteiger partial charge in [0.05, 0.1) is 17.7 Å². The highest BCUT2D eigenvalue weighted by atomic mass is 32.2. The van der Waals surface area contributed by atoms with E-state index in [4.69, 9.17) is 4.74 Å². The lowest BCUT2D eigenvalue weighted by Gasteiger charge is -2.17. The van der Waals surface area contributed by atoms with Crippen LogP contribution in [0.5, 0.6) is 5.75 Å². The first-order valence-electron chi connectivity index (χ1n) is 11.2. The highest BCUT2D eigenvalue weighted by Crippen LogP contribution is 2.20. The van der Waals surface area contributed by atoms with E-state index in [9.17, 15) is 18.0 Å². The smallest absolute Gasteiger partial charge is 0.283 e. The van der Waals surface area contributed by atoms with Crippen molar-refractivity contribution in [1.29, 1.82) is 0 Å². The lowest BCUT2D eigenvalue weighted by molar-refractivity contribution is 0.0978. The summed E-state index contributed by atoms with van der Waals surface area (Å²) in [5.74, 6) is 0.267. The average Bonchev–Trinajstić information content (AvgIpc) is 2.87. The number of fused-ring (bicyclic) bond motifs is 1. The van der Waals surface area contributed by atoms with E-state index in [1.54, 1.807) is 67.8 Å². The molecule has 0 unspecified atom stereocenters. The van der Waals surface area contributed by atoms with E-state index < -0.39 is 10.0 Å². The first-order valence-corrected chi connectivity index (χ1v) is 12.7. The average molecular weight is 504 g/mol. The first-order chi connectivity index (χ1) is 17.3. The minimum absolute atomic E-state index is 0.0717. The molecule has 0 saturated heterocycles. The van der Waals surface area contributed by atoms with Crippen LogP contribution < -0.4 is 15.4 Å². The standard InChI is InChI=1S/C27H25N3O5S/c1-18-7-13-21(14-8-18)36(33,34)30-26(29-19-9-11-20(35-2)12-10-19)15-16-28-24-17-25(31)22-5-3-4-6-23(22)27(24)32/h3-14,17,28H,15-16H2,1-2H3,(H,29,30). The maximum atomic E-state index is 13.0. The van der Waals surface area contributed by atoms with Gasteiger partial charge >= 0.3 is 0 Å². The molecule has 0 atom stereocenters. The van der Waals surface area contributed by atoms with Gasteiger partial charge in [0.15, 0.2) is 5.78 Å². The Hall–Kier alpha value is -4.24. The Morgan fingerprint density at radius 2 is 1.58 bits per heavy atom. The summed E-state index contributed by atoms with van der Waals surface area (Å²) in [6, 6.07) is 20.0. The zero-order valence-electron chi connectivity index (χ0n) is 19.8. The number of allylic oxidation sites excluding steroid dienone is 2. The van der Waals surface area contributed by atoms with Crippen LogP contribution in [0.1, 0.15) is 32.7 Å². The molecule has 3 aromatic carbocycles. The van der Waals surface area contributed by atoms with Crippen LogP contribution in [0.3, 0.4) is 0 Å². The van der Waals surface area contributed by atoms with Crippen molar-refractivity contribution in [3.05, 3.63) is 101 Å². The Morgan fingerprint density at radius 3 is 2.25 bits per heavy atom. The number of anilines is 1. The van der Waals surface area contributed by atoms with E-state index >= 15 is 0 Å². The summed E-state index contributed by atoms with van der Waals surface area (Å²) in [5.41, 5.74) is 2.40. The second-order valence-electron chi connectivity index (χ2n) is 8.15. The minimum Gasteiger partial charge on any atom is -0.497 e. The van der Waals surface area contributed by atoms with Crippen LogP contribution in [0.15, 0.2) is 93.9 Å². The molecule has 1 aliphatic rings. The Bertz CT molecular complexity index is 1460. The molecule has 3 aromatic rings. The van der Waals surface area contributed by atoms with Crippen molar-refractivity contribution < 1.29 is 22.7 Å². The maximum absolute atomic E-state index is 13.0. The predicted octanol–water partition coefficient (Wildman–Crippen LogP) is 4.15. The lowest BCUT2D eigenvalue weighted by atomic mass is 9.93. The van der Waals surface area contributed by atoms with E-state index in [1.807, 2.05) is 6.92 Å². The van der Waals surface area contributed by atoms with Crippen molar-refractivity contribution in [1.82, 2.24) is 5.32 Å². The van der Waals surface area contributed by atoms with Crippen LogP contribution in [-0.4, -0.2) is 39.5 Å². The predicted molar refractivity (Wildman–Crippen MR) is 138 cm³/mol. The highest BCUT2D eigenvalue weighted by molar-refractivity contribution is 7.90. The third kappa shape index (κ3) is 5.69. The zero-order valence-corrected chi connectivity index (χ0v) is 20.6. The summed E-state index contributed by atoms with van der Waals surface area (Å²) in [6.07, 6.45) is 1.40. The number of sulfonamides is 1. The number of Topliss-reactive ketones (excluding diaryl/α,β-unsaturated/α-hetero) is 1. The number of amidine groups is 1. The molecular weight excluding hydrogens is 478 g/mol. The molecule has 0 amide bonds. The topological polar surface area (TPSA) is 114 Å². The molecule has 0 heterocycles. The number of methoxy groups -OCH3 is 1. The molecule has 9 heteroatoms. The summed E-state index contributed by atoms with van der Waals surface area (Å²) in [5, 5.41) is 6.01. The highest BCUT2D eigenvalue weighted by Gasteiger charge is 2.25. The number of nitrogens with one attached hydrogen (secondary N) is 2. The maximum Gasteiger partial charge on any atom is 0.283 e. The molecule has 8 nitrogen and oxygen atoms in total. The number of nitrogens with zero attached hydrogens (tertiary/aromatic N) is 1. The van der Waals surface area contributed by atoms with E-state index in [1.165, 1.54) is 18.2 Å². The zero-order chi connectivity index (χ0) is 25.7. The second-order valence-corrected chi connectivity index (χ2v) is 9.76. The summed E-state index contributed by atoms with van der Waals surface area (Å²) < 4.78 is 35.1. The normalized spacial score (nSPS) is 13.6. The number of rotatable bonds is 8. The van der Waals surface area contributed by atoms with Gasteiger partial charge in [0.25, 0.3) is 10.0 Å². The van der Waals surface area contributed by atoms with E-state index in [0.29, 0.717) is 22.6 Å². The van der Waals surface area contributed by atoms with Gasteiger partial charge in [0.1, 0.15) is 11.6 Å². The fourth-order valence-electron chi connectivity index (χ4n) is 3.64. The summed E-state index contributed by atoms with van der Waals surface area (Å²) >= 11 is 0. The molecule has 1 aliphatic carbocycles. The summed E-state index contributed by atoms with van der Waals surface area (Å²) in [4.78, 5) is 25.3. The number of aryl methyl sites for hydroxylation is 1. The van der Waals surface area contributed by atoms with Gasteiger partial charge in [-0.2, -0.15) is 8.42 Å². The fraction of sp³-hybridized carbons (Fsp3) is 0.148. The largest absolute Gasteiger partial charge is 0.497 e. The number of carbonyl (C=O) groups excluding carboxylic acids is 2. The van der Waals surface area contributed by atoms with Gasteiger partial charge in [0.2, 0.25) is 5.78 Å². The number of hydrogen-bond acceptors (Lipinski definition) is 6. The molecule has 0 fully saturated rings. The molecule has 0 bridgehead atoms. The van der Waals surface area contributed by atoms with Gasteiger partial charge in [-0.15, -0.1) is 4.40 Å². The number of hydrogen-bond donors (Lipinski definition) is 2. The Labute approximate surface area is 209 Å². The number of carbonyl (C=O) groups is 2. The van der Waals surface area contributed by atoms with Crippen molar-refractivity contribution in [3.63, 3.8) is 0 Å². The molecule has 0 spiro atoms. The summed E-state index contributed by atoms with van der Waals surface area (Å²) in [7, 11) is -2.43. The van der Waals surface area contributed by atoms with Gasteiger partial charge < -0.3 is 15.4 Å². The van der Waals surface area contributed by atoms with Crippen molar-refractivity contribution >= 4 is 33.1 Å². The number of benzene rings is 3. The van der Waals surface area contributed by atoms with Crippen LogP contribution in [0.2, 0.25) is 0 Å². The molecule has 0 saturated carbocycles. The minimum atomic E-state index is -3.99. The fourth-order valence-corrected chi connectivity index (χ4v) is 4.65. The van der Waals surface area contributed by atoms with Crippen LogP contribution in [0, 0.1) is 6.92 Å². The van der Waals surface area contributed by atoms with Crippen LogP contribution in [0.4, 0.5) is 5.69 Å². The monoisotopic (exact) mass is 503 g/mol. The van der Waals surface area contributed by atoms with Gasteiger partial charge in [0, 0.05) is 35.9 Å². The molecule has 0 aliphatic heterocycles. The van der Waals surface area contributed by atoms with Crippen LogP contribution >= 0.6 is 0 Å². The quantitative estimate of drug-likeness (QED) is 0.351. The molecule has 36 heavy (non-hydrogen) atoms. The van der Waals surface area contributed by atoms with Crippen LogP contribution in [0.25, 0.3) is 0 Å². The van der Waals surface area contributed by atoms with Crippen molar-refractivity contribution in [2.24, 2.45) is 4.40 Å². The molecule has 4 rings (SSSR count). The Balaban J connectivity index is 1.54. The van der Waals surface area contributed by atoms with Crippen molar-refractivity contribution in [2.75, 3.05) is 19.0 Å². The summed E-state index contributed by atoms with van der Waals surface area (Å²) in [6.45, 7) is 2.03. The van der Waals surface area contributed by atoms with E-state index in [0.717, 1.165) is 5.56 Å². The van der Waals surface area contributed by atoms with E-state index in [2.05, 4.69) is 15.0 Å².